The fourth-order valence-electron chi connectivity index (χ4n) is 3.67. The maximum absolute atomic E-state index is 12.8. The van der Waals surface area contributed by atoms with Crippen LogP contribution in [0, 0.1) is 5.92 Å². The molecule has 0 N–H and O–H groups in total. The lowest BCUT2D eigenvalue weighted by Gasteiger charge is -2.41. The van der Waals surface area contributed by atoms with Crippen LogP contribution in [0.3, 0.4) is 0 Å². The van der Waals surface area contributed by atoms with Crippen LogP contribution in [-0.2, 0) is 19.0 Å². The van der Waals surface area contributed by atoms with Gasteiger partial charge in [-0.25, -0.2) is 0 Å². The van der Waals surface area contributed by atoms with Gasteiger partial charge in [-0.05, 0) is 39.0 Å². The first-order valence-corrected chi connectivity index (χ1v) is 7.54. The standard InChI is InChI=1S/C15H24O4/c1-14(5-2-3-7-18-14)13(16)12-4-8-19-15(10-12)6-9-17-11-15/h12H,2-11H2,1H3. The van der Waals surface area contributed by atoms with Crippen LogP contribution in [0.2, 0.25) is 0 Å². The highest BCUT2D eigenvalue weighted by Crippen LogP contribution is 2.39. The highest BCUT2D eigenvalue weighted by Gasteiger charge is 2.47. The number of carbonyl (C=O) groups excluding carboxylic acids is 1. The largest absolute Gasteiger partial charge is 0.378 e. The molecule has 0 aliphatic carbocycles. The summed E-state index contributed by atoms with van der Waals surface area (Å²) in [6.07, 6.45) is 5.61. The molecule has 4 heteroatoms. The van der Waals surface area contributed by atoms with Crippen LogP contribution in [0.1, 0.15) is 45.4 Å². The smallest absolute Gasteiger partial charge is 0.167 e. The van der Waals surface area contributed by atoms with Gasteiger partial charge < -0.3 is 14.2 Å². The summed E-state index contributed by atoms with van der Waals surface area (Å²) in [7, 11) is 0. The van der Waals surface area contributed by atoms with Crippen LogP contribution < -0.4 is 0 Å². The summed E-state index contributed by atoms with van der Waals surface area (Å²) in [5.41, 5.74) is -0.746. The topological polar surface area (TPSA) is 44.8 Å². The molecule has 1 spiro atoms. The predicted octanol–water partition coefficient (Wildman–Crippen LogP) is 2.10. The van der Waals surface area contributed by atoms with Gasteiger partial charge in [-0.2, -0.15) is 0 Å². The van der Waals surface area contributed by atoms with Crippen molar-refractivity contribution in [3.05, 3.63) is 0 Å². The Labute approximate surface area is 114 Å². The molecular weight excluding hydrogens is 244 g/mol. The molecular formula is C15H24O4. The number of Topliss-reactive ketones (excluding diaryl/α,β-unsaturated/α-hetero) is 1. The molecule has 0 aromatic carbocycles. The van der Waals surface area contributed by atoms with E-state index in [9.17, 15) is 4.79 Å². The number of carbonyl (C=O) groups is 1. The highest BCUT2D eigenvalue weighted by atomic mass is 16.6. The second-order valence-corrected chi connectivity index (χ2v) is 6.42. The monoisotopic (exact) mass is 268 g/mol. The van der Waals surface area contributed by atoms with Gasteiger partial charge in [0, 0.05) is 32.2 Å². The van der Waals surface area contributed by atoms with E-state index in [1.165, 1.54) is 0 Å². The van der Waals surface area contributed by atoms with Crippen molar-refractivity contribution in [2.75, 3.05) is 26.4 Å². The number of rotatable bonds is 2. The quantitative estimate of drug-likeness (QED) is 0.769. The van der Waals surface area contributed by atoms with Gasteiger partial charge >= 0.3 is 0 Å². The van der Waals surface area contributed by atoms with Gasteiger partial charge in [0.25, 0.3) is 0 Å². The number of ether oxygens (including phenoxy) is 3. The third kappa shape index (κ3) is 2.58. The van der Waals surface area contributed by atoms with Crippen LogP contribution in [0.4, 0.5) is 0 Å². The summed E-state index contributed by atoms with van der Waals surface area (Å²) in [6.45, 7) is 4.78. The van der Waals surface area contributed by atoms with Gasteiger partial charge in [0.05, 0.1) is 12.2 Å². The summed E-state index contributed by atoms with van der Waals surface area (Å²) in [6, 6.07) is 0. The summed E-state index contributed by atoms with van der Waals surface area (Å²) in [4.78, 5) is 12.8. The Morgan fingerprint density at radius 1 is 1.11 bits per heavy atom. The summed E-state index contributed by atoms with van der Waals surface area (Å²) >= 11 is 0. The molecule has 0 aromatic heterocycles. The van der Waals surface area contributed by atoms with Crippen molar-refractivity contribution in [1.29, 1.82) is 0 Å². The molecule has 3 unspecified atom stereocenters. The minimum absolute atomic E-state index is 0.0820. The zero-order valence-corrected chi connectivity index (χ0v) is 11.8. The maximum Gasteiger partial charge on any atom is 0.167 e. The van der Waals surface area contributed by atoms with Crippen LogP contribution >= 0.6 is 0 Å². The van der Waals surface area contributed by atoms with Crippen molar-refractivity contribution in [3.8, 4) is 0 Å². The first kappa shape index (κ1) is 13.5. The van der Waals surface area contributed by atoms with Crippen molar-refractivity contribution in [2.24, 2.45) is 5.92 Å². The van der Waals surface area contributed by atoms with Crippen molar-refractivity contribution in [2.45, 2.75) is 56.7 Å². The fourth-order valence-corrected chi connectivity index (χ4v) is 3.67. The van der Waals surface area contributed by atoms with Gasteiger partial charge in [-0.1, -0.05) is 0 Å². The Morgan fingerprint density at radius 3 is 2.68 bits per heavy atom. The van der Waals surface area contributed by atoms with Crippen LogP contribution in [0.5, 0.6) is 0 Å². The lowest BCUT2D eigenvalue weighted by atomic mass is 9.76. The van der Waals surface area contributed by atoms with E-state index in [4.69, 9.17) is 14.2 Å². The van der Waals surface area contributed by atoms with Crippen LogP contribution in [-0.4, -0.2) is 43.4 Å². The summed E-state index contributed by atoms with van der Waals surface area (Å²) < 4.78 is 17.2. The SMILES string of the molecule is CC1(C(=O)C2CCOC3(CCOC3)C2)CCCCO1. The maximum atomic E-state index is 12.8. The normalized spacial score (nSPS) is 43.5. The first-order chi connectivity index (χ1) is 9.14. The van der Waals surface area contributed by atoms with Gasteiger partial charge in [0.1, 0.15) is 5.60 Å². The molecule has 4 nitrogen and oxygen atoms in total. The summed E-state index contributed by atoms with van der Waals surface area (Å²) in [5.74, 6) is 0.375. The number of ketones is 1. The molecule has 108 valence electrons. The van der Waals surface area contributed by atoms with Gasteiger partial charge in [0.15, 0.2) is 5.78 Å². The summed E-state index contributed by atoms with van der Waals surface area (Å²) in [5, 5.41) is 0. The molecule has 3 saturated heterocycles. The average Bonchev–Trinajstić information content (AvgIpc) is 2.87. The zero-order valence-electron chi connectivity index (χ0n) is 11.8. The van der Waals surface area contributed by atoms with Gasteiger partial charge in [-0.3, -0.25) is 4.79 Å². The van der Waals surface area contributed by atoms with Crippen LogP contribution in [0.15, 0.2) is 0 Å². The molecule has 3 aliphatic rings. The molecule has 3 heterocycles. The van der Waals surface area contributed by atoms with E-state index in [0.717, 1.165) is 51.7 Å². The van der Waals surface area contributed by atoms with Crippen molar-refractivity contribution in [3.63, 3.8) is 0 Å². The molecule has 0 radical (unpaired) electrons. The molecule has 3 rings (SSSR count). The third-order valence-corrected chi connectivity index (χ3v) is 4.92. The molecule has 3 fully saturated rings. The Balaban J connectivity index is 1.69. The predicted molar refractivity (Wildman–Crippen MR) is 70.1 cm³/mol. The second-order valence-electron chi connectivity index (χ2n) is 6.42. The molecule has 3 aliphatic heterocycles. The van der Waals surface area contributed by atoms with Gasteiger partial charge in [-0.15, -0.1) is 0 Å². The van der Waals surface area contributed by atoms with Gasteiger partial charge in [0.2, 0.25) is 0 Å². The zero-order chi connectivity index (χ0) is 13.3. The number of hydrogen-bond acceptors (Lipinski definition) is 4. The average molecular weight is 268 g/mol. The Kier molecular flexibility index (Phi) is 3.67. The number of hydrogen-bond donors (Lipinski definition) is 0. The van der Waals surface area contributed by atoms with E-state index >= 15 is 0 Å². The van der Waals surface area contributed by atoms with E-state index in [1.807, 2.05) is 6.92 Å². The van der Waals surface area contributed by atoms with E-state index in [1.54, 1.807) is 0 Å². The van der Waals surface area contributed by atoms with Crippen molar-refractivity contribution < 1.29 is 19.0 Å². The Bertz CT molecular complexity index is 340. The van der Waals surface area contributed by atoms with Crippen LogP contribution in [0.25, 0.3) is 0 Å². The Hall–Kier alpha value is -0.450. The minimum atomic E-state index is -0.555. The second kappa shape index (κ2) is 5.15. The molecule has 0 saturated carbocycles. The lowest BCUT2D eigenvalue weighted by Crippen LogP contribution is -2.50. The first-order valence-electron chi connectivity index (χ1n) is 7.54. The molecule has 19 heavy (non-hydrogen) atoms. The van der Waals surface area contributed by atoms with E-state index in [-0.39, 0.29) is 11.5 Å². The van der Waals surface area contributed by atoms with Crippen molar-refractivity contribution in [1.82, 2.24) is 0 Å². The van der Waals surface area contributed by atoms with E-state index in [2.05, 4.69) is 0 Å². The highest BCUT2D eigenvalue weighted by molar-refractivity contribution is 5.89. The fraction of sp³-hybridized carbons (Fsp3) is 0.933. The molecule has 3 atom stereocenters. The molecule has 0 aromatic rings. The minimum Gasteiger partial charge on any atom is -0.378 e. The molecule has 0 bridgehead atoms. The van der Waals surface area contributed by atoms with E-state index < -0.39 is 5.60 Å². The Morgan fingerprint density at radius 2 is 2.00 bits per heavy atom. The van der Waals surface area contributed by atoms with Crippen molar-refractivity contribution >= 4 is 5.78 Å². The third-order valence-electron chi connectivity index (χ3n) is 4.92. The lowest BCUT2D eigenvalue weighted by molar-refractivity contribution is -0.162. The molecule has 0 amide bonds. The van der Waals surface area contributed by atoms with E-state index in [0.29, 0.717) is 19.0 Å².